The summed E-state index contributed by atoms with van der Waals surface area (Å²) in [4.78, 5) is 2.50. The second kappa shape index (κ2) is 6.92. The summed E-state index contributed by atoms with van der Waals surface area (Å²) in [6, 6.07) is 0.575. The van der Waals surface area contributed by atoms with Gasteiger partial charge in [0.25, 0.3) is 0 Å². The largest absolute Gasteiger partial charge is 0.311 e. The lowest BCUT2D eigenvalue weighted by Crippen LogP contribution is -2.52. The average Bonchev–Trinajstić information content (AvgIpc) is 2.75. The molecule has 5 heteroatoms. The first-order valence-electron chi connectivity index (χ1n) is 7.76. The van der Waals surface area contributed by atoms with Crippen LogP contribution in [0.1, 0.15) is 39.1 Å². The van der Waals surface area contributed by atoms with Gasteiger partial charge in [-0.1, -0.05) is 32.4 Å². The third kappa shape index (κ3) is 3.35. The van der Waals surface area contributed by atoms with Crippen molar-refractivity contribution in [1.82, 2.24) is 20.0 Å². The van der Waals surface area contributed by atoms with Gasteiger partial charge in [0.2, 0.25) is 0 Å². The van der Waals surface area contributed by atoms with Crippen LogP contribution in [0.4, 0.5) is 0 Å². The lowest BCUT2D eigenvalue weighted by Gasteiger charge is -2.35. The molecule has 1 aliphatic heterocycles. The second-order valence-corrected chi connectivity index (χ2v) is 6.29. The fourth-order valence-electron chi connectivity index (χ4n) is 2.81. The monoisotopic (exact) mass is 298 g/mol. The average molecular weight is 299 g/mol. The molecular formula is C15H27ClN4. The van der Waals surface area contributed by atoms with Gasteiger partial charge in [0.1, 0.15) is 0 Å². The number of nitrogens with one attached hydrogen (secondary N) is 1. The Morgan fingerprint density at radius 3 is 2.75 bits per heavy atom. The molecule has 0 amide bonds. The molecule has 1 aliphatic rings. The molecule has 0 aromatic carbocycles. The van der Waals surface area contributed by atoms with Gasteiger partial charge in [-0.25, -0.2) is 0 Å². The summed E-state index contributed by atoms with van der Waals surface area (Å²) >= 11 is 6.50. The molecule has 20 heavy (non-hydrogen) atoms. The van der Waals surface area contributed by atoms with E-state index in [-0.39, 0.29) is 0 Å². The summed E-state index contributed by atoms with van der Waals surface area (Å²) in [7, 11) is 0. The van der Waals surface area contributed by atoms with Crippen molar-refractivity contribution < 1.29 is 0 Å². The Morgan fingerprint density at radius 2 is 2.15 bits per heavy atom. The van der Waals surface area contributed by atoms with Crippen LogP contribution >= 0.6 is 11.6 Å². The van der Waals surface area contributed by atoms with Crippen LogP contribution in [0.5, 0.6) is 0 Å². The molecule has 1 unspecified atom stereocenters. The van der Waals surface area contributed by atoms with Crippen molar-refractivity contribution in [3.63, 3.8) is 0 Å². The van der Waals surface area contributed by atoms with Crippen LogP contribution in [0.3, 0.4) is 0 Å². The van der Waals surface area contributed by atoms with Crippen LogP contribution in [0.25, 0.3) is 0 Å². The standard InChI is InChI=1S/C15H27ClN4/c1-5-12-15(16)14(20(6-2)18-12)10-19-8-7-17-13(9-19)11(3)4/h11,13,17H,5-10H2,1-4H3. The minimum absolute atomic E-state index is 0.575. The molecule has 114 valence electrons. The van der Waals surface area contributed by atoms with E-state index in [1.165, 1.54) is 5.69 Å². The lowest BCUT2D eigenvalue weighted by molar-refractivity contribution is 0.165. The first kappa shape index (κ1) is 15.8. The van der Waals surface area contributed by atoms with E-state index in [4.69, 9.17) is 11.6 Å². The molecule has 1 fully saturated rings. The minimum Gasteiger partial charge on any atom is -0.311 e. The highest BCUT2D eigenvalue weighted by Gasteiger charge is 2.24. The minimum atomic E-state index is 0.575. The zero-order valence-electron chi connectivity index (χ0n) is 13.1. The van der Waals surface area contributed by atoms with E-state index < -0.39 is 0 Å². The second-order valence-electron chi connectivity index (χ2n) is 5.92. The predicted octanol–water partition coefficient (Wildman–Crippen LogP) is 2.55. The highest BCUT2D eigenvalue weighted by Crippen LogP contribution is 2.23. The maximum Gasteiger partial charge on any atom is 0.0863 e. The maximum absolute atomic E-state index is 6.50. The van der Waals surface area contributed by atoms with E-state index in [9.17, 15) is 0 Å². The van der Waals surface area contributed by atoms with Crippen molar-refractivity contribution >= 4 is 11.6 Å². The van der Waals surface area contributed by atoms with E-state index in [1.54, 1.807) is 0 Å². The summed E-state index contributed by atoms with van der Waals surface area (Å²) in [6.45, 7) is 13.8. The van der Waals surface area contributed by atoms with E-state index in [0.29, 0.717) is 12.0 Å². The van der Waals surface area contributed by atoms with Crippen molar-refractivity contribution in [2.75, 3.05) is 19.6 Å². The Balaban J connectivity index is 2.11. The molecular weight excluding hydrogens is 272 g/mol. The molecule has 0 aliphatic carbocycles. The van der Waals surface area contributed by atoms with Gasteiger partial charge in [0.15, 0.2) is 0 Å². The molecule has 0 radical (unpaired) electrons. The van der Waals surface area contributed by atoms with Crippen LogP contribution in [-0.2, 0) is 19.5 Å². The van der Waals surface area contributed by atoms with Crippen molar-refractivity contribution in [2.24, 2.45) is 5.92 Å². The zero-order chi connectivity index (χ0) is 14.7. The molecule has 2 heterocycles. The summed E-state index contributed by atoms with van der Waals surface area (Å²) in [6.07, 6.45) is 0.898. The number of nitrogens with zero attached hydrogens (tertiary/aromatic N) is 3. The highest BCUT2D eigenvalue weighted by molar-refractivity contribution is 6.31. The molecule has 1 aromatic rings. The van der Waals surface area contributed by atoms with E-state index in [2.05, 4.69) is 47.7 Å². The third-order valence-corrected chi connectivity index (χ3v) is 4.60. The Labute approximate surface area is 127 Å². The van der Waals surface area contributed by atoms with Crippen LogP contribution in [0.15, 0.2) is 0 Å². The Morgan fingerprint density at radius 1 is 1.40 bits per heavy atom. The van der Waals surface area contributed by atoms with Gasteiger partial charge in [-0.15, -0.1) is 0 Å². The summed E-state index contributed by atoms with van der Waals surface area (Å²) in [5.41, 5.74) is 2.20. The van der Waals surface area contributed by atoms with Gasteiger partial charge >= 0.3 is 0 Å². The van der Waals surface area contributed by atoms with Gasteiger partial charge < -0.3 is 5.32 Å². The lowest BCUT2D eigenvalue weighted by atomic mass is 10.0. The molecule has 1 atom stereocenters. The Bertz CT molecular complexity index is 441. The third-order valence-electron chi connectivity index (χ3n) is 4.16. The number of halogens is 1. The topological polar surface area (TPSA) is 33.1 Å². The van der Waals surface area contributed by atoms with Crippen molar-refractivity contribution in [1.29, 1.82) is 0 Å². The van der Waals surface area contributed by atoms with E-state index in [1.807, 2.05) is 0 Å². The zero-order valence-corrected chi connectivity index (χ0v) is 13.9. The maximum atomic E-state index is 6.50. The number of piperazine rings is 1. The SMILES string of the molecule is CCc1nn(CC)c(CN2CCNC(C(C)C)C2)c1Cl. The molecule has 1 saturated heterocycles. The van der Waals surface area contributed by atoms with Gasteiger partial charge in [-0.2, -0.15) is 5.10 Å². The normalized spacial score (nSPS) is 20.8. The summed E-state index contributed by atoms with van der Waals surface area (Å²) in [5.74, 6) is 0.663. The van der Waals surface area contributed by atoms with Crippen LogP contribution in [0.2, 0.25) is 5.02 Å². The first-order valence-corrected chi connectivity index (χ1v) is 8.14. The summed E-state index contributed by atoms with van der Waals surface area (Å²) < 4.78 is 2.06. The van der Waals surface area contributed by atoms with Crippen LogP contribution in [0, 0.1) is 5.92 Å². The smallest absolute Gasteiger partial charge is 0.0863 e. The predicted molar refractivity (Wildman–Crippen MR) is 84.2 cm³/mol. The first-order chi connectivity index (χ1) is 9.56. The number of hydrogen-bond donors (Lipinski definition) is 1. The quantitative estimate of drug-likeness (QED) is 0.907. The molecule has 0 spiro atoms. The molecule has 1 N–H and O–H groups in total. The number of hydrogen-bond acceptors (Lipinski definition) is 3. The number of rotatable bonds is 5. The van der Waals surface area contributed by atoms with Crippen molar-refractivity contribution in [3.8, 4) is 0 Å². The fraction of sp³-hybridized carbons (Fsp3) is 0.800. The van der Waals surface area contributed by atoms with Crippen LogP contribution in [-0.4, -0.2) is 40.4 Å². The molecule has 4 nitrogen and oxygen atoms in total. The molecule has 0 bridgehead atoms. The van der Waals surface area contributed by atoms with Crippen LogP contribution < -0.4 is 5.32 Å². The van der Waals surface area contributed by atoms with Gasteiger partial charge in [0, 0.05) is 38.8 Å². The van der Waals surface area contributed by atoms with Gasteiger partial charge in [-0.3, -0.25) is 9.58 Å². The molecule has 1 aromatic heterocycles. The number of aryl methyl sites for hydroxylation is 2. The Hall–Kier alpha value is -0.580. The van der Waals surface area contributed by atoms with E-state index >= 15 is 0 Å². The van der Waals surface area contributed by atoms with E-state index in [0.717, 1.165) is 49.9 Å². The molecule has 2 rings (SSSR count). The fourth-order valence-corrected chi connectivity index (χ4v) is 3.14. The van der Waals surface area contributed by atoms with Gasteiger partial charge in [-0.05, 0) is 19.3 Å². The number of aromatic nitrogens is 2. The Kier molecular flexibility index (Phi) is 5.47. The van der Waals surface area contributed by atoms with Crippen molar-refractivity contribution in [2.45, 2.75) is 53.2 Å². The van der Waals surface area contributed by atoms with Crippen molar-refractivity contribution in [3.05, 3.63) is 16.4 Å². The van der Waals surface area contributed by atoms with Gasteiger partial charge in [0.05, 0.1) is 16.4 Å². The summed E-state index contributed by atoms with van der Waals surface area (Å²) in [5, 5.41) is 9.08. The highest BCUT2D eigenvalue weighted by atomic mass is 35.5. The molecule has 0 saturated carbocycles.